The number of carboxylic acids is 1. The minimum Gasteiger partial charge on any atom is -0.481 e. The Morgan fingerprint density at radius 3 is 2.65 bits per heavy atom. The van der Waals surface area contributed by atoms with Gasteiger partial charge >= 0.3 is 5.97 Å². The van der Waals surface area contributed by atoms with Crippen molar-refractivity contribution in [2.45, 2.75) is 37.6 Å². The van der Waals surface area contributed by atoms with Crippen LogP contribution >= 0.6 is 0 Å². The number of benzene rings is 1. The normalized spacial score (nSPS) is 22.7. The average Bonchev–Trinajstić information content (AvgIpc) is 2.46. The molecule has 1 aliphatic heterocycles. The molecular weight excluding hydrogens is 324 g/mol. The molecule has 2 atom stereocenters. The van der Waals surface area contributed by atoms with Crippen molar-refractivity contribution in [3.63, 3.8) is 0 Å². The fourth-order valence-electron chi connectivity index (χ4n) is 2.99. The third-order valence-electron chi connectivity index (χ3n) is 4.29. The van der Waals surface area contributed by atoms with Crippen molar-refractivity contribution in [3.05, 3.63) is 33.9 Å². The molecule has 0 spiro atoms. The Morgan fingerprint density at radius 2 is 2.09 bits per heavy atom. The zero-order valence-electron chi connectivity index (χ0n) is 12.8. The summed E-state index contributed by atoms with van der Waals surface area (Å²) in [5, 5.41) is 20.2. The minimum atomic E-state index is -4.00. The molecule has 1 N–H and O–H groups in total. The first-order valence-corrected chi connectivity index (χ1v) is 8.60. The van der Waals surface area contributed by atoms with E-state index in [9.17, 15) is 28.4 Å². The van der Waals surface area contributed by atoms with Crippen molar-refractivity contribution in [3.8, 4) is 0 Å². The Labute approximate surface area is 133 Å². The Bertz CT molecular complexity index is 746. The fraction of sp³-hybridized carbons (Fsp3) is 0.500. The van der Waals surface area contributed by atoms with E-state index in [-0.39, 0.29) is 22.7 Å². The molecule has 0 saturated carbocycles. The lowest BCUT2D eigenvalue weighted by Crippen LogP contribution is -2.49. The van der Waals surface area contributed by atoms with Crippen molar-refractivity contribution >= 4 is 21.7 Å². The number of piperidine rings is 1. The van der Waals surface area contributed by atoms with Gasteiger partial charge in [-0.15, -0.1) is 0 Å². The summed E-state index contributed by atoms with van der Waals surface area (Å²) in [6, 6.07) is 3.18. The van der Waals surface area contributed by atoms with E-state index in [1.807, 2.05) is 0 Å². The molecule has 9 heteroatoms. The second kappa shape index (κ2) is 6.25. The zero-order valence-corrected chi connectivity index (χ0v) is 13.6. The molecule has 1 aromatic rings. The van der Waals surface area contributed by atoms with Gasteiger partial charge in [0.2, 0.25) is 10.0 Å². The molecule has 0 unspecified atom stereocenters. The smallest absolute Gasteiger partial charge is 0.308 e. The molecule has 0 bridgehead atoms. The molecule has 0 amide bonds. The van der Waals surface area contributed by atoms with Crippen LogP contribution in [-0.2, 0) is 14.8 Å². The van der Waals surface area contributed by atoms with Crippen LogP contribution in [0.3, 0.4) is 0 Å². The molecular formula is C14H18N2O6S. The monoisotopic (exact) mass is 342 g/mol. The number of nitro groups is 1. The quantitative estimate of drug-likeness (QED) is 0.658. The molecule has 0 radical (unpaired) electrons. The van der Waals surface area contributed by atoms with Gasteiger partial charge in [-0.05, 0) is 32.8 Å². The highest BCUT2D eigenvalue weighted by molar-refractivity contribution is 7.89. The first-order valence-electron chi connectivity index (χ1n) is 7.16. The summed E-state index contributed by atoms with van der Waals surface area (Å²) in [6.07, 6.45) is 0.852. The van der Waals surface area contributed by atoms with Gasteiger partial charge in [0, 0.05) is 24.2 Å². The van der Waals surface area contributed by atoms with Gasteiger partial charge in [0.1, 0.15) is 0 Å². The topological polar surface area (TPSA) is 118 Å². The molecule has 1 heterocycles. The van der Waals surface area contributed by atoms with Crippen LogP contribution in [0.5, 0.6) is 0 Å². The Kier molecular flexibility index (Phi) is 4.71. The SMILES string of the molecule is Cc1c([N+](=O)[O-])cccc1S(=O)(=O)N1CCC[C@@H](C(=O)O)[C@H]1C. The number of rotatable bonds is 4. The largest absolute Gasteiger partial charge is 0.481 e. The third kappa shape index (κ3) is 3.06. The van der Waals surface area contributed by atoms with E-state index in [1.54, 1.807) is 6.92 Å². The molecule has 1 aliphatic rings. The van der Waals surface area contributed by atoms with E-state index in [2.05, 4.69) is 0 Å². The highest BCUT2D eigenvalue weighted by Crippen LogP contribution is 2.32. The summed E-state index contributed by atoms with van der Waals surface area (Å²) in [7, 11) is -4.00. The van der Waals surface area contributed by atoms with E-state index in [1.165, 1.54) is 25.1 Å². The van der Waals surface area contributed by atoms with Crippen LogP contribution in [0.4, 0.5) is 5.69 Å². The minimum absolute atomic E-state index is 0.0575. The second-order valence-corrected chi connectivity index (χ2v) is 7.46. The summed E-state index contributed by atoms with van der Waals surface area (Å²) >= 11 is 0. The van der Waals surface area contributed by atoms with Gasteiger partial charge < -0.3 is 5.11 Å². The van der Waals surface area contributed by atoms with Crippen LogP contribution in [0.15, 0.2) is 23.1 Å². The standard InChI is InChI=1S/C14H18N2O6S/c1-9-12(16(19)20)6-3-7-13(9)23(21,22)15-8-4-5-11(10(15)2)14(17)18/h3,6-7,10-11H,4-5,8H2,1-2H3,(H,17,18)/t10-,11-/m1/s1. The van der Waals surface area contributed by atoms with E-state index in [0.29, 0.717) is 12.8 Å². The number of nitro benzene ring substituents is 1. The first-order chi connectivity index (χ1) is 10.7. The Morgan fingerprint density at radius 1 is 1.43 bits per heavy atom. The summed E-state index contributed by atoms with van der Waals surface area (Å²) in [5.74, 6) is -1.81. The summed E-state index contributed by atoms with van der Waals surface area (Å²) in [6.45, 7) is 3.14. The van der Waals surface area contributed by atoms with Crippen molar-refractivity contribution in [1.82, 2.24) is 4.31 Å². The number of aliphatic carboxylic acids is 1. The van der Waals surface area contributed by atoms with Gasteiger partial charge in [0.05, 0.1) is 15.7 Å². The third-order valence-corrected chi connectivity index (χ3v) is 6.42. The van der Waals surface area contributed by atoms with Crippen molar-refractivity contribution in [1.29, 1.82) is 0 Å². The van der Waals surface area contributed by atoms with Gasteiger partial charge in [0.25, 0.3) is 5.69 Å². The second-order valence-electron chi connectivity index (χ2n) is 5.60. The van der Waals surface area contributed by atoms with Crippen molar-refractivity contribution in [2.24, 2.45) is 5.92 Å². The van der Waals surface area contributed by atoms with Crippen LogP contribution in [0.1, 0.15) is 25.3 Å². The molecule has 2 rings (SSSR count). The van der Waals surface area contributed by atoms with Crippen LogP contribution in [0.2, 0.25) is 0 Å². The average molecular weight is 342 g/mol. The van der Waals surface area contributed by atoms with E-state index in [0.717, 1.165) is 4.31 Å². The predicted octanol–water partition coefficient (Wildman–Crippen LogP) is 1.78. The van der Waals surface area contributed by atoms with E-state index < -0.39 is 32.9 Å². The van der Waals surface area contributed by atoms with Crippen molar-refractivity contribution < 1.29 is 23.2 Å². The van der Waals surface area contributed by atoms with Crippen LogP contribution < -0.4 is 0 Å². The molecule has 0 aromatic heterocycles. The molecule has 1 fully saturated rings. The van der Waals surface area contributed by atoms with Gasteiger partial charge in [-0.2, -0.15) is 4.31 Å². The van der Waals surface area contributed by atoms with Crippen molar-refractivity contribution in [2.75, 3.05) is 6.54 Å². The maximum absolute atomic E-state index is 12.9. The van der Waals surface area contributed by atoms with Crippen LogP contribution in [0, 0.1) is 23.0 Å². The highest BCUT2D eigenvalue weighted by Gasteiger charge is 2.40. The number of nitrogens with zero attached hydrogens (tertiary/aromatic N) is 2. The maximum Gasteiger partial charge on any atom is 0.308 e. The van der Waals surface area contributed by atoms with E-state index in [4.69, 9.17) is 0 Å². The Balaban J connectivity index is 2.48. The van der Waals surface area contributed by atoms with Gasteiger partial charge in [-0.3, -0.25) is 14.9 Å². The highest BCUT2D eigenvalue weighted by atomic mass is 32.2. The van der Waals surface area contributed by atoms with Gasteiger partial charge in [0.15, 0.2) is 0 Å². The first kappa shape index (κ1) is 17.4. The molecule has 8 nitrogen and oxygen atoms in total. The molecule has 1 aromatic carbocycles. The summed E-state index contributed by atoms with van der Waals surface area (Å²) in [5.41, 5.74) is -0.215. The van der Waals surface area contributed by atoms with Crippen LogP contribution in [0.25, 0.3) is 0 Å². The summed E-state index contributed by atoms with van der Waals surface area (Å²) in [4.78, 5) is 21.5. The van der Waals surface area contributed by atoms with Gasteiger partial charge in [-0.1, -0.05) is 6.07 Å². The molecule has 23 heavy (non-hydrogen) atoms. The molecule has 126 valence electrons. The molecule has 1 saturated heterocycles. The Hall–Kier alpha value is -2.00. The fourth-order valence-corrected chi connectivity index (χ4v) is 4.94. The van der Waals surface area contributed by atoms with Crippen LogP contribution in [-0.4, -0.2) is 41.3 Å². The zero-order chi connectivity index (χ0) is 17.4. The number of hydrogen-bond acceptors (Lipinski definition) is 5. The lowest BCUT2D eigenvalue weighted by atomic mass is 9.92. The summed E-state index contributed by atoms with van der Waals surface area (Å²) < 4.78 is 26.9. The van der Waals surface area contributed by atoms with E-state index >= 15 is 0 Å². The lowest BCUT2D eigenvalue weighted by molar-refractivity contribution is -0.385. The lowest BCUT2D eigenvalue weighted by Gasteiger charge is -2.36. The molecule has 0 aliphatic carbocycles. The maximum atomic E-state index is 12.9. The number of carboxylic acid groups (broad SMARTS) is 1. The predicted molar refractivity (Wildman–Crippen MR) is 81.5 cm³/mol. The number of carbonyl (C=O) groups is 1. The van der Waals surface area contributed by atoms with Gasteiger partial charge in [-0.25, -0.2) is 8.42 Å². The number of sulfonamides is 1. The number of hydrogen-bond donors (Lipinski definition) is 1.